The molecule has 1 aliphatic heterocycles. The Morgan fingerprint density at radius 3 is 2.73 bits per heavy atom. The Morgan fingerprint density at radius 2 is 2.20 bits per heavy atom. The molecule has 3 atom stereocenters. The van der Waals surface area contributed by atoms with Crippen molar-refractivity contribution < 1.29 is 9.84 Å². The molecule has 0 aromatic heterocycles. The number of aliphatic hydroxyl groups excluding tert-OH is 1. The van der Waals surface area contributed by atoms with E-state index in [1.54, 1.807) is 7.11 Å². The van der Waals surface area contributed by atoms with Crippen molar-refractivity contribution in [1.29, 1.82) is 0 Å². The van der Waals surface area contributed by atoms with Crippen LogP contribution >= 0.6 is 0 Å². The van der Waals surface area contributed by atoms with Crippen LogP contribution in [0.4, 0.5) is 0 Å². The van der Waals surface area contributed by atoms with Crippen molar-refractivity contribution in [2.75, 3.05) is 40.9 Å². The van der Waals surface area contributed by atoms with Crippen molar-refractivity contribution in [3.8, 4) is 0 Å². The van der Waals surface area contributed by atoms with Crippen molar-refractivity contribution in [3.63, 3.8) is 0 Å². The zero-order valence-electron chi connectivity index (χ0n) is 10.3. The van der Waals surface area contributed by atoms with Gasteiger partial charge in [-0.1, -0.05) is 0 Å². The summed E-state index contributed by atoms with van der Waals surface area (Å²) in [6.45, 7) is 4.68. The average molecular weight is 216 g/mol. The van der Waals surface area contributed by atoms with Crippen LogP contribution in [0.25, 0.3) is 0 Å². The van der Waals surface area contributed by atoms with E-state index >= 15 is 0 Å². The first kappa shape index (κ1) is 12.9. The van der Waals surface area contributed by atoms with E-state index in [2.05, 4.69) is 30.8 Å². The fourth-order valence-corrected chi connectivity index (χ4v) is 2.39. The Labute approximate surface area is 92.8 Å². The highest BCUT2D eigenvalue weighted by atomic mass is 16.5. The predicted molar refractivity (Wildman–Crippen MR) is 61.0 cm³/mol. The van der Waals surface area contributed by atoms with Gasteiger partial charge >= 0.3 is 0 Å². The van der Waals surface area contributed by atoms with Gasteiger partial charge in [0.1, 0.15) is 0 Å². The maximum atomic E-state index is 9.70. The molecule has 0 saturated carbocycles. The van der Waals surface area contributed by atoms with Gasteiger partial charge in [0.05, 0.1) is 12.7 Å². The Morgan fingerprint density at radius 1 is 1.53 bits per heavy atom. The minimum atomic E-state index is -0.172. The molecule has 1 aliphatic rings. The molecule has 1 heterocycles. The summed E-state index contributed by atoms with van der Waals surface area (Å²) in [5.74, 6) is 0. The van der Waals surface area contributed by atoms with E-state index in [4.69, 9.17) is 4.74 Å². The van der Waals surface area contributed by atoms with E-state index in [0.717, 1.165) is 26.1 Å². The van der Waals surface area contributed by atoms with E-state index < -0.39 is 0 Å². The molecule has 0 amide bonds. The van der Waals surface area contributed by atoms with E-state index in [-0.39, 0.29) is 6.10 Å². The van der Waals surface area contributed by atoms with E-state index in [1.165, 1.54) is 0 Å². The lowest BCUT2D eigenvalue weighted by Gasteiger charge is -2.31. The molecule has 1 rings (SSSR count). The van der Waals surface area contributed by atoms with Gasteiger partial charge in [0.15, 0.2) is 0 Å². The molecule has 15 heavy (non-hydrogen) atoms. The second kappa shape index (κ2) is 5.80. The van der Waals surface area contributed by atoms with E-state index in [1.807, 2.05) is 0 Å². The number of nitrogens with zero attached hydrogens (tertiary/aromatic N) is 2. The molecular formula is C11H24N2O2. The van der Waals surface area contributed by atoms with Gasteiger partial charge in [-0.2, -0.15) is 0 Å². The Bertz CT molecular complexity index is 187. The highest BCUT2D eigenvalue weighted by Gasteiger charge is 2.33. The first-order valence-electron chi connectivity index (χ1n) is 5.62. The summed E-state index contributed by atoms with van der Waals surface area (Å²) in [4.78, 5) is 4.53. The van der Waals surface area contributed by atoms with Crippen molar-refractivity contribution in [2.24, 2.45) is 0 Å². The first-order chi connectivity index (χ1) is 7.04. The van der Waals surface area contributed by atoms with Crippen LogP contribution < -0.4 is 0 Å². The van der Waals surface area contributed by atoms with Gasteiger partial charge in [0, 0.05) is 32.3 Å². The molecule has 0 aliphatic carbocycles. The van der Waals surface area contributed by atoms with Gasteiger partial charge in [-0.25, -0.2) is 0 Å². The largest absolute Gasteiger partial charge is 0.392 e. The Kier molecular flexibility index (Phi) is 4.99. The molecule has 1 saturated heterocycles. The number of hydrogen-bond donors (Lipinski definition) is 1. The third-order valence-electron chi connectivity index (χ3n) is 2.98. The molecule has 0 bridgehead atoms. The average Bonchev–Trinajstić information content (AvgIpc) is 2.46. The highest BCUT2D eigenvalue weighted by Crippen LogP contribution is 2.21. The zero-order valence-corrected chi connectivity index (χ0v) is 10.3. The van der Waals surface area contributed by atoms with Crippen molar-refractivity contribution in [3.05, 3.63) is 0 Å². The number of rotatable bonds is 5. The minimum Gasteiger partial charge on any atom is -0.392 e. The molecule has 4 heteroatoms. The summed E-state index contributed by atoms with van der Waals surface area (Å²) < 4.78 is 5.17. The van der Waals surface area contributed by atoms with Crippen molar-refractivity contribution in [1.82, 2.24) is 9.80 Å². The second-order valence-corrected chi connectivity index (χ2v) is 4.81. The summed E-state index contributed by atoms with van der Waals surface area (Å²) in [5, 5.41) is 9.70. The molecular weight excluding hydrogens is 192 g/mol. The lowest BCUT2D eigenvalue weighted by atomic mass is 10.2. The number of β-amino-alcohol motifs (C(OH)–C–C–N with tert-alkyl or cyclic N) is 1. The molecule has 1 fully saturated rings. The highest BCUT2D eigenvalue weighted by molar-refractivity contribution is 4.89. The van der Waals surface area contributed by atoms with Gasteiger partial charge < -0.3 is 14.7 Å². The van der Waals surface area contributed by atoms with Crippen LogP contribution in [0.1, 0.15) is 13.3 Å². The van der Waals surface area contributed by atoms with Crippen LogP contribution in [0.3, 0.4) is 0 Å². The smallest absolute Gasteiger partial charge is 0.0682 e. The van der Waals surface area contributed by atoms with Crippen LogP contribution in [0.5, 0.6) is 0 Å². The summed E-state index contributed by atoms with van der Waals surface area (Å²) >= 11 is 0. The third-order valence-corrected chi connectivity index (χ3v) is 2.98. The summed E-state index contributed by atoms with van der Waals surface area (Å²) in [5.41, 5.74) is 0. The minimum absolute atomic E-state index is 0.172. The number of ether oxygens (including phenoxy) is 1. The van der Waals surface area contributed by atoms with Gasteiger partial charge in [0.25, 0.3) is 0 Å². The molecule has 0 aromatic carbocycles. The van der Waals surface area contributed by atoms with E-state index in [0.29, 0.717) is 12.1 Å². The lowest BCUT2D eigenvalue weighted by Crippen LogP contribution is -2.44. The van der Waals surface area contributed by atoms with Crippen molar-refractivity contribution in [2.45, 2.75) is 31.5 Å². The number of methoxy groups -OCH3 is 1. The lowest BCUT2D eigenvalue weighted by molar-refractivity contribution is 0.0770. The normalized spacial score (nSPS) is 30.0. The van der Waals surface area contributed by atoms with Crippen molar-refractivity contribution >= 4 is 0 Å². The van der Waals surface area contributed by atoms with Gasteiger partial charge in [-0.05, 0) is 27.4 Å². The number of aliphatic hydroxyl groups is 1. The summed E-state index contributed by atoms with van der Waals surface area (Å²) in [6, 6.07) is 0.845. The fraction of sp³-hybridized carbons (Fsp3) is 1.00. The number of likely N-dealkylation sites (N-methyl/N-ethyl adjacent to an activating group) is 1. The Balaban J connectivity index is 2.51. The van der Waals surface area contributed by atoms with Crippen LogP contribution in [0.2, 0.25) is 0 Å². The zero-order chi connectivity index (χ0) is 11.4. The quantitative estimate of drug-likeness (QED) is 0.703. The Hall–Kier alpha value is -0.160. The number of likely N-dealkylation sites (tertiary alicyclic amines) is 1. The first-order valence-corrected chi connectivity index (χ1v) is 5.62. The SMILES string of the molecule is COCC(C)N1CC(O)CC1CN(C)C. The molecule has 0 spiro atoms. The molecule has 4 nitrogen and oxygen atoms in total. The molecule has 1 N–H and O–H groups in total. The summed E-state index contributed by atoms with van der Waals surface area (Å²) in [6.07, 6.45) is 0.709. The van der Waals surface area contributed by atoms with Crippen LogP contribution in [0, 0.1) is 0 Å². The van der Waals surface area contributed by atoms with Gasteiger partial charge in [-0.3, -0.25) is 4.90 Å². The van der Waals surface area contributed by atoms with Crippen LogP contribution in [-0.2, 0) is 4.74 Å². The monoisotopic (exact) mass is 216 g/mol. The standard InChI is InChI=1S/C11H24N2O2/c1-9(8-15-4)13-7-11(14)5-10(13)6-12(2)3/h9-11,14H,5-8H2,1-4H3. The fourth-order valence-electron chi connectivity index (χ4n) is 2.39. The molecule has 0 radical (unpaired) electrons. The van der Waals surface area contributed by atoms with Gasteiger partial charge in [0.2, 0.25) is 0 Å². The molecule has 3 unspecified atom stereocenters. The molecule has 90 valence electrons. The topological polar surface area (TPSA) is 35.9 Å². The van der Waals surface area contributed by atoms with E-state index in [9.17, 15) is 5.11 Å². The maximum Gasteiger partial charge on any atom is 0.0682 e. The van der Waals surface area contributed by atoms with Crippen LogP contribution in [0.15, 0.2) is 0 Å². The van der Waals surface area contributed by atoms with Crippen LogP contribution in [-0.4, -0.2) is 74.0 Å². The third kappa shape index (κ3) is 3.72. The summed E-state index contributed by atoms with van der Waals surface area (Å²) in [7, 11) is 5.87. The molecule has 0 aromatic rings. The maximum absolute atomic E-state index is 9.70. The van der Waals surface area contributed by atoms with Gasteiger partial charge in [-0.15, -0.1) is 0 Å². The number of hydrogen-bond acceptors (Lipinski definition) is 4. The predicted octanol–water partition coefficient (Wildman–Crippen LogP) is 0.0181. The second-order valence-electron chi connectivity index (χ2n) is 4.81.